The summed E-state index contributed by atoms with van der Waals surface area (Å²) in [4.78, 5) is 15.1. The Morgan fingerprint density at radius 1 is 1.31 bits per heavy atom. The van der Waals surface area contributed by atoms with E-state index in [-0.39, 0.29) is 5.76 Å². The summed E-state index contributed by atoms with van der Waals surface area (Å²) in [5, 5.41) is 0. The number of rotatable bonds is 2. The molecule has 1 aliphatic carbocycles. The van der Waals surface area contributed by atoms with E-state index in [1.54, 1.807) is 0 Å². The number of aromatic nitrogens is 1. The van der Waals surface area contributed by atoms with Crippen LogP contribution in [-0.4, -0.2) is 11.3 Å². The molecule has 0 aromatic carbocycles. The summed E-state index contributed by atoms with van der Waals surface area (Å²) in [5.74, 6) is 1.42. The molecule has 16 heavy (non-hydrogen) atoms. The predicted octanol–water partition coefficient (Wildman–Crippen LogP) is 3.28. The summed E-state index contributed by atoms with van der Waals surface area (Å²) in [5.41, 5.74) is 1.15. The Labute approximate surface area is 92.6 Å². The van der Waals surface area contributed by atoms with E-state index in [9.17, 15) is 4.79 Å². The number of aldehydes is 1. The highest BCUT2D eigenvalue weighted by molar-refractivity contribution is 5.89. The fourth-order valence-electron chi connectivity index (χ4n) is 2.38. The molecule has 0 radical (unpaired) electrons. The van der Waals surface area contributed by atoms with E-state index in [4.69, 9.17) is 8.83 Å². The third-order valence-corrected chi connectivity index (χ3v) is 3.25. The molecule has 2 aromatic heterocycles. The molecule has 3 rings (SSSR count). The summed E-state index contributed by atoms with van der Waals surface area (Å²) in [7, 11) is 0. The van der Waals surface area contributed by atoms with E-state index >= 15 is 0 Å². The summed E-state index contributed by atoms with van der Waals surface area (Å²) in [6.07, 6.45) is 8.20. The molecule has 4 nitrogen and oxygen atoms in total. The van der Waals surface area contributed by atoms with Gasteiger partial charge < -0.3 is 8.83 Å². The predicted molar refractivity (Wildman–Crippen MR) is 57.5 cm³/mol. The van der Waals surface area contributed by atoms with Crippen molar-refractivity contribution in [3.8, 4) is 0 Å². The average Bonchev–Trinajstić information content (AvgIpc) is 2.89. The van der Waals surface area contributed by atoms with Gasteiger partial charge in [-0.15, -0.1) is 0 Å². The Hall–Kier alpha value is -1.58. The lowest BCUT2D eigenvalue weighted by Crippen LogP contribution is -2.04. The van der Waals surface area contributed by atoms with Crippen LogP contribution in [-0.2, 0) is 0 Å². The maximum Gasteiger partial charge on any atom is 0.211 e. The van der Waals surface area contributed by atoms with Crippen LogP contribution in [0.15, 0.2) is 15.1 Å². The van der Waals surface area contributed by atoms with Crippen molar-refractivity contribution < 1.29 is 13.6 Å². The first-order valence-corrected chi connectivity index (χ1v) is 5.71. The molecule has 1 aliphatic rings. The number of nitrogens with zero attached hydrogens (tertiary/aromatic N) is 1. The summed E-state index contributed by atoms with van der Waals surface area (Å²) in [6.45, 7) is 0. The third-order valence-electron chi connectivity index (χ3n) is 3.25. The van der Waals surface area contributed by atoms with Gasteiger partial charge in [0, 0.05) is 5.92 Å². The van der Waals surface area contributed by atoms with Gasteiger partial charge in [-0.05, 0) is 12.8 Å². The lowest BCUT2D eigenvalue weighted by Gasteiger charge is -2.17. The fourth-order valence-corrected chi connectivity index (χ4v) is 2.38. The number of oxazole rings is 1. The number of fused-ring (bicyclic) bond motifs is 1. The molecule has 2 aromatic rings. The number of hydrogen-bond acceptors (Lipinski definition) is 4. The second-order valence-electron chi connectivity index (χ2n) is 4.32. The van der Waals surface area contributed by atoms with E-state index in [1.165, 1.54) is 25.5 Å². The molecule has 4 heteroatoms. The number of hydrogen-bond donors (Lipinski definition) is 0. The van der Waals surface area contributed by atoms with Gasteiger partial charge in [0.25, 0.3) is 0 Å². The van der Waals surface area contributed by atoms with Crippen molar-refractivity contribution in [3.05, 3.63) is 17.9 Å². The molecule has 0 atom stereocenters. The highest BCUT2D eigenvalue weighted by Gasteiger charge is 2.22. The highest BCUT2D eigenvalue weighted by Crippen LogP contribution is 2.34. The van der Waals surface area contributed by atoms with E-state index < -0.39 is 0 Å². The second-order valence-corrected chi connectivity index (χ2v) is 4.32. The molecule has 0 N–H and O–H groups in total. The van der Waals surface area contributed by atoms with Crippen molar-refractivity contribution in [1.82, 2.24) is 4.98 Å². The van der Waals surface area contributed by atoms with Crippen LogP contribution in [0.4, 0.5) is 0 Å². The normalized spacial score (nSPS) is 18.0. The van der Waals surface area contributed by atoms with Gasteiger partial charge in [-0.2, -0.15) is 0 Å². The largest absolute Gasteiger partial charge is 0.455 e. The van der Waals surface area contributed by atoms with Crippen LogP contribution >= 0.6 is 0 Å². The zero-order chi connectivity index (χ0) is 11.0. The number of carbonyl (C=O) groups excluding carboxylic acids is 1. The molecular formula is C12H13NO3. The molecule has 1 fully saturated rings. The van der Waals surface area contributed by atoms with Gasteiger partial charge in [-0.1, -0.05) is 19.3 Å². The lowest BCUT2D eigenvalue weighted by atomic mass is 9.89. The first-order chi connectivity index (χ1) is 7.88. The SMILES string of the molecule is O=Cc1occ2nc(C3CCCCC3)oc12. The van der Waals surface area contributed by atoms with Crippen molar-refractivity contribution in [3.63, 3.8) is 0 Å². The zero-order valence-electron chi connectivity index (χ0n) is 8.94. The van der Waals surface area contributed by atoms with Crippen molar-refractivity contribution in [1.29, 1.82) is 0 Å². The summed E-state index contributed by atoms with van der Waals surface area (Å²) < 4.78 is 10.7. The Morgan fingerprint density at radius 3 is 2.88 bits per heavy atom. The smallest absolute Gasteiger partial charge is 0.211 e. The molecule has 0 spiro atoms. The molecule has 1 saturated carbocycles. The minimum atomic E-state index is 0.240. The average molecular weight is 219 g/mol. The number of carbonyl (C=O) groups is 1. The van der Waals surface area contributed by atoms with E-state index in [0.29, 0.717) is 23.3 Å². The van der Waals surface area contributed by atoms with Crippen LogP contribution in [0.2, 0.25) is 0 Å². The van der Waals surface area contributed by atoms with Crippen LogP contribution in [0.25, 0.3) is 11.1 Å². The maximum atomic E-state index is 10.7. The molecule has 0 unspecified atom stereocenters. The maximum absolute atomic E-state index is 10.7. The van der Waals surface area contributed by atoms with Crippen LogP contribution in [0, 0.1) is 0 Å². The van der Waals surface area contributed by atoms with Gasteiger partial charge in [0.1, 0.15) is 11.8 Å². The van der Waals surface area contributed by atoms with Crippen molar-refractivity contribution >= 4 is 17.4 Å². The number of furan rings is 1. The van der Waals surface area contributed by atoms with Crippen molar-refractivity contribution in [2.45, 2.75) is 38.0 Å². The molecule has 0 saturated heterocycles. The first-order valence-electron chi connectivity index (χ1n) is 5.71. The van der Waals surface area contributed by atoms with Crippen molar-refractivity contribution in [2.24, 2.45) is 0 Å². The van der Waals surface area contributed by atoms with Gasteiger partial charge in [0.15, 0.2) is 12.2 Å². The second kappa shape index (κ2) is 3.77. The Kier molecular flexibility index (Phi) is 2.27. The van der Waals surface area contributed by atoms with Crippen LogP contribution in [0.1, 0.15) is 54.5 Å². The summed E-state index contributed by atoms with van der Waals surface area (Å²) >= 11 is 0. The van der Waals surface area contributed by atoms with E-state index in [2.05, 4.69) is 4.98 Å². The van der Waals surface area contributed by atoms with Gasteiger partial charge in [0.2, 0.25) is 11.3 Å². The van der Waals surface area contributed by atoms with Crippen molar-refractivity contribution in [2.75, 3.05) is 0 Å². The monoisotopic (exact) mass is 219 g/mol. The fraction of sp³-hybridized carbons (Fsp3) is 0.500. The van der Waals surface area contributed by atoms with Crippen LogP contribution in [0.3, 0.4) is 0 Å². The van der Waals surface area contributed by atoms with Gasteiger partial charge in [-0.3, -0.25) is 4.79 Å². The quantitative estimate of drug-likeness (QED) is 0.727. The van der Waals surface area contributed by atoms with Crippen LogP contribution < -0.4 is 0 Å². The molecule has 2 heterocycles. The minimum Gasteiger partial charge on any atom is -0.455 e. The first kappa shape index (κ1) is 9.63. The van der Waals surface area contributed by atoms with Crippen LogP contribution in [0.5, 0.6) is 0 Å². The molecule has 0 aliphatic heterocycles. The molecule has 84 valence electrons. The van der Waals surface area contributed by atoms with Gasteiger partial charge in [-0.25, -0.2) is 4.98 Å². The van der Waals surface area contributed by atoms with E-state index in [1.807, 2.05) is 0 Å². The molecular weight excluding hydrogens is 206 g/mol. The van der Waals surface area contributed by atoms with Gasteiger partial charge in [0.05, 0.1) is 0 Å². The summed E-state index contributed by atoms with van der Waals surface area (Å²) in [6, 6.07) is 0. The Morgan fingerprint density at radius 2 is 2.12 bits per heavy atom. The molecule has 0 bridgehead atoms. The third kappa shape index (κ3) is 1.45. The minimum absolute atomic E-state index is 0.240. The highest BCUT2D eigenvalue weighted by atomic mass is 16.4. The standard InChI is InChI=1S/C12H13NO3/c14-6-10-11-9(7-15-10)13-12(16-11)8-4-2-1-3-5-8/h6-8H,1-5H2. The van der Waals surface area contributed by atoms with E-state index in [0.717, 1.165) is 18.7 Å². The Balaban J connectivity index is 1.97. The molecule has 0 amide bonds. The topological polar surface area (TPSA) is 56.2 Å². The Bertz CT molecular complexity index is 505. The van der Waals surface area contributed by atoms with Gasteiger partial charge >= 0.3 is 0 Å². The lowest BCUT2D eigenvalue weighted by molar-refractivity contribution is 0.110. The zero-order valence-corrected chi connectivity index (χ0v) is 8.94.